The number of rotatable bonds is 4. The van der Waals surface area contributed by atoms with Crippen LogP contribution in [0.15, 0.2) is 45.9 Å². The second kappa shape index (κ2) is 6.66. The van der Waals surface area contributed by atoms with Crippen LogP contribution in [0.2, 0.25) is 0 Å². The number of hydrogen-bond acceptors (Lipinski definition) is 1. The molecule has 4 heteroatoms. The Morgan fingerprint density at radius 1 is 1.50 bits per heavy atom. The van der Waals surface area contributed by atoms with Gasteiger partial charge in [-0.05, 0) is 23.8 Å². The molecule has 0 fully saturated rings. The maximum absolute atomic E-state index is 11.3. The first kappa shape index (κ1) is 13.2. The van der Waals surface area contributed by atoms with Crippen molar-refractivity contribution in [2.45, 2.75) is 0 Å². The van der Waals surface area contributed by atoms with Crippen molar-refractivity contribution in [3.05, 3.63) is 51.4 Å². The molecular formula is C12H11Br2NO. The summed E-state index contributed by atoms with van der Waals surface area (Å²) in [7, 11) is 0. The van der Waals surface area contributed by atoms with Crippen LogP contribution in [-0.4, -0.2) is 12.5 Å². The zero-order valence-corrected chi connectivity index (χ0v) is 11.7. The standard InChI is InChI=1S/C12H11Br2NO/c1-9(13)8-15-12(16)6-5-10-3-2-4-11(14)7-10/h2-7H,1,8H2,(H,15,16)/b6-5+. The molecule has 0 spiro atoms. The predicted molar refractivity (Wildman–Crippen MR) is 74.3 cm³/mol. The smallest absolute Gasteiger partial charge is 0.244 e. The van der Waals surface area contributed by atoms with Crippen LogP contribution in [-0.2, 0) is 4.79 Å². The first-order chi connectivity index (χ1) is 7.58. The van der Waals surface area contributed by atoms with Crippen molar-refractivity contribution >= 4 is 43.8 Å². The molecule has 1 aromatic carbocycles. The first-order valence-corrected chi connectivity index (χ1v) is 6.21. The molecule has 16 heavy (non-hydrogen) atoms. The van der Waals surface area contributed by atoms with Crippen LogP contribution in [0.4, 0.5) is 0 Å². The van der Waals surface area contributed by atoms with E-state index in [2.05, 4.69) is 43.8 Å². The summed E-state index contributed by atoms with van der Waals surface area (Å²) in [5.41, 5.74) is 0.974. The summed E-state index contributed by atoms with van der Waals surface area (Å²) in [5.74, 6) is -0.138. The summed E-state index contributed by atoms with van der Waals surface area (Å²) < 4.78 is 1.74. The largest absolute Gasteiger partial charge is 0.348 e. The summed E-state index contributed by atoms with van der Waals surface area (Å²) in [4.78, 5) is 11.3. The van der Waals surface area contributed by atoms with Crippen molar-refractivity contribution in [1.29, 1.82) is 0 Å². The van der Waals surface area contributed by atoms with Gasteiger partial charge in [-0.1, -0.05) is 50.6 Å². The highest BCUT2D eigenvalue weighted by Gasteiger charge is 1.95. The molecule has 0 aliphatic heterocycles. The molecule has 0 saturated heterocycles. The number of halogens is 2. The van der Waals surface area contributed by atoms with Gasteiger partial charge in [0.15, 0.2) is 0 Å². The Bertz CT molecular complexity index is 427. The second-order valence-corrected chi connectivity index (χ2v) is 5.16. The van der Waals surface area contributed by atoms with Gasteiger partial charge in [0.1, 0.15) is 0 Å². The number of carbonyl (C=O) groups is 1. The topological polar surface area (TPSA) is 29.1 Å². The van der Waals surface area contributed by atoms with Crippen molar-refractivity contribution in [2.24, 2.45) is 0 Å². The molecule has 1 N–H and O–H groups in total. The molecule has 2 nitrogen and oxygen atoms in total. The summed E-state index contributed by atoms with van der Waals surface area (Å²) in [6, 6.07) is 7.72. The van der Waals surface area contributed by atoms with Crippen molar-refractivity contribution in [3.63, 3.8) is 0 Å². The third-order valence-corrected chi connectivity index (χ3v) is 2.50. The van der Waals surface area contributed by atoms with E-state index in [4.69, 9.17) is 0 Å². The Hall–Kier alpha value is -0.870. The van der Waals surface area contributed by atoms with E-state index >= 15 is 0 Å². The van der Waals surface area contributed by atoms with Gasteiger partial charge in [0.25, 0.3) is 0 Å². The molecule has 0 aliphatic carbocycles. The Balaban J connectivity index is 2.53. The Kier molecular flexibility index (Phi) is 5.49. The molecule has 1 rings (SSSR count). The molecule has 84 valence electrons. The van der Waals surface area contributed by atoms with Crippen LogP contribution in [0.25, 0.3) is 6.08 Å². The van der Waals surface area contributed by atoms with E-state index < -0.39 is 0 Å². The SMILES string of the molecule is C=C(Br)CNC(=O)/C=C/c1cccc(Br)c1. The van der Waals surface area contributed by atoms with Gasteiger partial charge in [-0.2, -0.15) is 0 Å². The van der Waals surface area contributed by atoms with Crippen molar-refractivity contribution < 1.29 is 4.79 Å². The predicted octanol–water partition coefficient (Wildman–Crippen LogP) is 3.49. The minimum absolute atomic E-state index is 0.138. The van der Waals surface area contributed by atoms with Gasteiger partial charge in [-0.15, -0.1) is 0 Å². The highest BCUT2D eigenvalue weighted by molar-refractivity contribution is 9.11. The van der Waals surface area contributed by atoms with Gasteiger partial charge in [-0.3, -0.25) is 4.79 Å². The molecule has 0 radical (unpaired) electrons. The maximum Gasteiger partial charge on any atom is 0.244 e. The van der Waals surface area contributed by atoms with E-state index in [1.807, 2.05) is 24.3 Å². The Morgan fingerprint density at radius 2 is 2.25 bits per heavy atom. The van der Waals surface area contributed by atoms with E-state index in [9.17, 15) is 4.79 Å². The number of amides is 1. The van der Waals surface area contributed by atoms with E-state index in [0.29, 0.717) is 6.54 Å². The zero-order chi connectivity index (χ0) is 12.0. The average molecular weight is 345 g/mol. The van der Waals surface area contributed by atoms with Gasteiger partial charge in [0.2, 0.25) is 5.91 Å². The van der Waals surface area contributed by atoms with Crippen molar-refractivity contribution in [3.8, 4) is 0 Å². The lowest BCUT2D eigenvalue weighted by Crippen LogP contribution is -2.21. The number of carbonyl (C=O) groups excluding carboxylic acids is 1. The maximum atomic E-state index is 11.3. The van der Waals surface area contributed by atoms with Gasteiger partial charge in [0.05, 0.1) is 0 Å². The highest BCUT2D eigenvalue weighted by atomic mass is 79.9. The molecule has 1 amide bonds. The van der Waals surface area contributed by atoms with Crippen LogP contribution in [0.3, 0.4) is 0 Å². The molecule has 0 aromatic heterocycles. The fraction of sp³-hybridized carbons (Fsp3) is 0.0833. The molecule has 0 aliphatic rings. The molecule has 0 bridgehead atoms. The molecule has 0 unspecified atom stereocenters. The minimum atomic E-state index is -0.138. The summed E-state index contributed by atoms with van der Waals surface area (Å²) in [6.45, 7) is 4.06. The molecular weight excluding hydrogens is 334 g/mol. The van der Waals surface area contributed by atoms with Crippen LogP contribution in [0.5, 0.6) is 0 Å². The fourth-order valence-corrected chi connectivity index (χ4v) is 1.58. The van der Waals surface area contributed by atoms with E-state index in [0.717, 1.165) is 14.5 Å². The Labute approximate surface area is 112 Å². The third-order valence-electron chi connectivity index (χ3n) is 1.73. The monoisotopic (exact) mass is 343 g/mol. The van der Waals surface area contributed by atoms with Gasteiger partial charge < -0.3 is 5.32 Å². The van der Waals surface area contributed by atoms with Gasteiger partial charge in [-0.25, -0.2) is 0 Å². The number of nitrogens with one attached hydrogen (secondary N) is 1. The lowest BCUT2D eigenvalue weighted by molar-refractivity contribution is -0.116. The van der Waals surface area contributed by atoms with Crippen molar-refractivity contribution in [2.75, 3.05) is 6.54 Å². The highest BCUT2D eigenvalue weighted by Crippen LogP contribution is 2.12. The fourth-order valence-electron chi connectivity index (χ4n) is 1.02. The van der Waals surface area contributed by atoms with Gasteiger partial charge >= 0.3 is 0 Å². The molecule has 0 saturated carbocycles. The summed E-state index contributed by atoms with van der Waals surface area (Å²) >= 11 is 6.54. The van der Waals surface area contributed by atoms with Crippen LogP contribution < -0.4 is 5.32 Å². The van der Waals surface area contributed by atoms with E-state index in [-0.39, 0.29) is 5.91 Å². The number of benzene rings is 1. The van der Waals surface area contributed by atoms with Crippen molar-refractivity contribution in [1.82, 2.24) is 5.32 Å². The summed E-state index contributed by atoms with van der Waals surface area (Å²) in [6.07, 6.45) is 3.26. The third kappa shape index (κ3) is 5.28. The van der Waals surface area contributed by atoms with Gasteiger partial charge in [0, 0.05) is 21.6 Å². The lowest BCUT2D eigenvalue weighted by Gasteiger charge is -1.99. The normalized spacial score (nSPS) is 10.4. The Morgan fingerprint density at radius 3 is 2.88 bits per heavy atom. The number of hydrogen-bond donors (Lipinski definition) is 1. The molecule has 1 aromatic rings. The lowest BCUT2D eigenvalue weighted by atomic mass is 10.2. The van der Waals surface area contributed by atoms with Crippen LogP contribution in [0.1, 0.15) is 5.56 Å². The second-order valence-electron chi connectivity index (χ2n) is 3.12. The van der Waals surface area contributed by atoms with E-state index in [1.165, 1.54) is 6.08 Å². The quantitative estimate of drug-likeness (QED) is 0.832. The summed E-state index contributed by atoms with van der Waals surface area (Å²) in [5, 5.41) is 2.68. The van der Waals surface area contributed by atoms with Crippen LogP contribution >= 0.6 is 31.9 Å². The minimum Gasteiger partial charge on any atom is -0.348 e. The van der Waals surface area contributed by atoms with E-state index in [1.54, 1.807) is 6.08 Å². The van der Waals surface area contributed by atoms with Crippen LogP contribution in [0, 0.1) is 0 Å². The molecule has 0 atom stereocenters. The first-order valence-electron chi connectivity index (χ1n) is 4.62. The molecule has 0 heterocycles. The average Bonchev–Trinajstić information content (AvgIpc) is 2.23. The zero-order valence-electron chi connectivity index (χ0n) is 8.54.